The van der Waals surface area contributed by atoms with Crippen LogP contribution in [0.5, 0.6) is 0 Å². The highest BCUT2D eigenvalue weighted by atomic mass is 16.5. The minimum Gasteiger partial charge on any atom is -0.480 e. The van der Waals surface area contributed by atoms with Gasteiger partial charge in [0.1, 0.15) is 6.04 Å². The number of amides is 1. The van der Waals surface area contributed by atoms with E-state index in [1.165, 1.54) is 0 Å². The standard InChI is InChI=1S/C15H21NO4/c1-11-5-3-6-12(9-11)10-14(17)16-13(15(18)19)7-4-8-20-2/h3,5-6,9,13H,4,7-8,10H2,1-2H3,(H,16,17)(H,18,19). The van der Waals surface area contributed by atoms with Crippen LogP contribution < -0.4 is 5.32 Å². The second-order valence-electron chi connectivity index (χ2n) is 4.76. The topological polar surface area (TPSA) is 75.6 Å². The van der Waals surface area contributed by atoms with E-state index in [0.717, 1.165) is 11.1 Å². The zero-order chi connectivity index (χ0) is 15.0. The molecule has 5 heteroatoms. The van der Waals surface area contributed by atoms with Crippen molar-refractivity contribution in [3.8, 4) is 0 Å². The van der Waals surface area contributed by atoms with Gasteiger partial charge in [0.15, 0.2) is 0 Å². The molecule has 2 N–H and O–H groups in total. The van der Waals surface area contributed by atoms with E-state index < -0.39 is 12.0 Å². The lowest BCUT2D eigenvalue weighted by Crippen LogP contribution is -2.41. The van der Waals surface area contributed by atoms with Crippen LogP contribution in [0.25, 0.3) is 0 Å². The first-order valence-electron chi connectivity index (χ1n) is 6.59. The van der Waals surface area contributed by atoms with Crippen LogP contribution in [-0.2, 0) is 20.7 Å². The smallest absolute Gasteiger partial charge is 0.326 e. The average Bonchev–Trinajstić information content (AvgIpc) is 2.37. The zero-order valence-electron chi connectivity index (χ0n) is 11.9. The summed E-state index contributed by atoms with van der Waals surface area (Å²) in [4.78, 5) is 22.9. The summed E-state index contributed by atoms with van der Waals surface area (Å²) in [5.41, 5.74) is 1.95. The molecule has 0 radical (unpaired) electrons. The summed E-state index contributed by atoms with van der Waals surface area (Å²) in [5, 5.41) is 11.6. The highest BCUT2D eigenvalue weighted by Crippen LogP contribution is 2.05. The van der Waals surface area contributed by atoms with Crippen molar-refractivity contribution >= 4 is 11.9 Å². The van der Waals surface area contributed by atoms with Gasteiger partial charge in [-0.2, -0.15) is 0 Å². The van der Waals surface area contributed by atoms with Gasteiger partial charge >= 0.3 is 5.97 Å². The number of benzene rings is 1. The third-order valence-electron chi connectivity index (χ3n) is 2.92. The van der Waals surface area contributed by atoms with Gasteiger partial charge in [-0.3, -0.25) is 4.79 Å². The molecule has 1 rings (SSSR count). The number of hydrogen-bond acceptors (Lipinski definition) is 3. The van der Waals surface area contributed by atoms with Crippen molar-refractivity contribution in [1.82, 2.24) is 5.32 Å². The Kier molecular flexibility index (Phi) is 6.73. The Morgan fingerprint density at radius 2 is 2.15 bits per heavy atom. The predicted molar refractivity (Wildman–Crippen MR) is 75.6 cm³/mol. The van der Waals surface area contributed by atoms with Crippen LogP contribution in [0.4, 0.5) is 0 Å². The Balaban J connectivity index is 2.51. The van der Waals surface area contributed by atoms with E-state index in [0.29, 0.717) is 19.4 Å². The summed E-state index contributed by atoms with van der Waals surface area (Å²) < 4.78 is 4.88. The van der Waals surface area contributed by atoms with Gasteiger partial charge in [0.25, 0.3) is 0 Å². The van der Waals surface area contributed by atoms with E-state index >= 15 is 0 Å². The van der Waals surface area contributed by atoms with Gasteiger partial charge in [-0.25, -0.2) is 4.79 Å². The fourth-order valence-electron chi connectivity index (χ4n) is 1.94. The van der Waals surface area contributed by atoms with Crippen molar-refractivity contribution < 1.29 is 19.4 Å². The molecule has 20 heavy (non-hydrogen) atoms. The van der Waals surface area contributed by atoms with Gasteiger partial charge in [-0.15, -0.1) is 0 Å². The van der Waals surface area contributed by atoms with Gasteiger partial charge < -0.3 is 15.2 Å². The molecule has 0 saturated heterocycles. The molecule has 1 aromatic rings. The van der Waals surface area contributed by atoms with Crippen molar-refractivity contribution in [2.24, 2.45) is 0 Å². The summed E-state index contributed by atoms with van der Waals surface area (Å²) in [6, 6.07) is 6.74. The van der Waals surface area contributed by atoms with Crippen LogP contribution in [0.3, 0.4) is 0 Å². The Labute approximate surface area is 118 Å². The third kappa shape index (κ3) is 5.84. The maximum Gasteiger partial charge on any atom is 0.326 e. The monoisotopic (exact) mass is 279 g/mol. The molecule has 0 aromatic heterocycles. The molecule has 1 amide bonds. The van der Waals surface area contributed by atoms with Crippen molar-refractivity contribution in [1.29, 1.82) is 0 Å². The number of carbonyl (C=O) groups excluding carboxylic acids is 1. The molecule has 0 aliphatic carbocycles. The molecule has 0 aliphatic rings. The fraction of sp³-hybridized carbons (Fsp3) is 0.467. The van der Waals surface area contributed by atoms with Crippen molar-refractivity contribution in [2.45, 2.75) is 32.2 Å². The number of carbonyl (C=O) groups is 2. The van der Waals surface area contributed by atoms with Crippen LogP contribution in [-0.4, -0.2) is 36.7 Å². The van der Waals surface area contributed by atoms with E-state index in [-0.39, 0.29) is 12.3 Å². The van der Waals surface area contributed by atoms with Crippen molar-refractivity contribution in [2.75, 3.05) is 13.7 Å². The maximum atomic E-state index is 11.9. The maximum absolute atomic E-state index is 11.9. The second-order valence-corrected chi connectivity index (χ2v) is 4.76. The Morgan fingerprint density at radius 3 is 2.75 bits per heavy atom. The van der Waals surface area contributed by atoms with Gasteiger partial charge in [0.2, 0.25) is 5.91 Å². The lowest BCUT2D eigenvalue weighted by atomic mass is 10.1. The molecule has 1 atom stereocenters. The molecule has 0 bridgehead atoms. The molecule has 1 aromatic carbocycles. The fourth-order valence-corrected chi connectivity index (χ4v) is 1.94. The van der Waals surface area contributed by atoms with Crippen LogP contribution in [0.2, 0.25) is 0 Å². The normalized spacial score (nSPS) is 11.9. The predicted octanol–water partition coefficient (Wildman–Crippen LogP) is 1.53. The molecule has 110 valence electrons. The van der Waals surface area contributed by atoms with E-state index in [1.54, 1.807) is 7.11 Å². The minimum atomic E-state index is -1.02. The number of ether oxygens (including phenoxy) is 1. The van der Waals surface area contributed by atoms with Gasteiger partial charge in [-0.05, 0) is 25.3 Å². The molecule has 1 unspecified atom stereocenters. The SMILES string of the molecule is COCCCC(NC(=O)Cc1cccc(C)c1)C(=O)O. The Morgan fingerprint density at radius 1 is 1.40 bits per heavy atom. The van der Waals surface area contributed by atoms with Crippen LogP contribution in [0.1, 0.15) is 24.0 Å². The zero-order valence-corrected chi connectivity index (χ0v) is 11.9. The number of nitrogens with one attached hydrogen (secondary N) is 1. The van der Waals surface area contributed by atoms with E-state index in [9.17, 15) is 9.59 Å². The van der Waals surface area contributed by atoms with E-state index in [4.69, 9.17) is 9.84 Å². The molecule has 5 nitrogen and oxygen atoms in total. The first kappa shape index (κ1) is 16.2. The van der Waals surface area contributed by atoms with Crippen molar-refractivity contribution in [3.05, 3.63) is 35.4 Å². The number of carboxylic acid groups (broad SMARTS) is 1. The van der Waals surface area contributed by atoms with Crippen molar-refractivity contribution in [3.63, 3.8) is 0 Å². The molecular weight excluding hydrogens is 258 g/mol. The van der Waals surface area contributed by atoms with Crippen LogP contribution in [0, 0.1) is 6.92 Å². The second kappa shape index (κ2) is 8.32. The van der Waals surface area contributed by atoms with Crippen LogP contribution in [0.15, 0.2) is 24.3 Å². The summed E-state index contributed by atoms with van der Waals surface area (Å²) in [5.74, 6) is -1.29. The summed E-state index contributed by atoms with van der Waals surface area (Å²) in [6.45, 7) is 2.43. The van der Waals surface area contributed by atoms with Gasteiger partial charge in [0, 0.05) is 13.7 Å². The number of aliphatic carboxylic acids is 1. The highest BCUT2D eigenvalue weighted by molar-refractivity contribution is 5.84. The van der Waals surface area contributed by atoms with Gasteiger partial charge in [-0.1, -0.05) is 29.8 Å². The quantitative estimate of drug-likeness (QED) is 0.708. The summed E-state index contributed by atoms with van der Waals surface area (Å²) in [7, 11) is 1.56. The molecule has 0 fully saturated rings. The third-order valence-corrected chi connectivity index (χ3v) is 2.92. The number of hydrogen-bond donors (Lipinski definition) is 2. The first-order chi connectivity index (χ1) is 9.52. The Hall–Kier alpha value is -1.88. The largest absolute Gasteiger partial charge is 0.480 e. The average molecular weight is 279 g/mol. The summed E-state index contributed by atoms with van der Waals surface area (Å²) in [6.07, 6.45) is 1.15. The first-order valence-corrected chi connectivity index (χ1v) is 6.59. The lowest BCUT2D eigenvalue weighted by molar-refractivity contribution is -0.142. The molecule has 0 spiro atoms. The number of methoxy groups -OCH3 is 1. The minimum absolute atomic E-state index is 0.190. The van der Waals surface area contributed by atoms with Crippen LogP contribution >= 0.6 is 0 Å². The lowest BCUT2D eigenvalue weighted by Gasteiger charge is -2.14. The highest BCUT2D eigenvalue weighted by Gasteiger charge is 2.19. The Bertz CT molecular complexity index is 459. The number of carboxylic acids is 1. The summed E-state index contributed by atoms with van der Waals surface area (Å²) >= 11 is 0. The number of rotatable bonds is 8. The molecule has 0 heterocycles. The van der Waals surface area contributed by atoms with Gasteiger partial charge in [0.05, 0.1) is 6.42 Å². The van der Waals surface area contributed by atoms with E-state index in [1.807, 2.05) is 31.2 Å². The molecule has 0 saturated carbocycles. The molecular formula is C15H21NO4. The molecule has 0 aliphatic heterocycles. The number of aryl methyl sites for hydroxylation is 1. The van der Waals surface area contributed by atoms with E-state index in [2.05, 4.69) is 5.32 Å².